The molecule has 1 atom stereocenters. The summed E-state index contributed by atoms with van der Waals surface area (Å²) in [6.07, 6.45) is 0. The number of para-hydroxylation sites is 1. The van der Waals surface area contributed by atoms with Gasteiger partial charge in [-0.05, 0) is 65.3 Å². The molecule has 3 aromatic carbocycles. The van der Waals surface area contributed by atoms with E-state index in [2.05, 4.69) is 34.6 Å². The Balaban J connectivity index is 1.84. The number of benzene rings is 3. The van der Waals surface area contributed by atoms with Crippen LogP contribution in [0, 0.1) is 12.8 Å². The van der Waals surface area contributed by atoms with E-state index < -0.39 is 17.7 Å². The quantitative estimate of drug-likeness (QED) is 0.227. The lowest BCUT2D eigenvalue weighted by Gasteiger charge is -2.26. The number of amides is 1. The van der Waals surface area contributed by atoms with Crippen molar-refractivity contribution < 1.29 is 19.4 Å². The van der Waals surface area contributed by atoms with E-state index in [1.165, 1.54) is 4.90 Å². The van der Waals surface area contributed by atoms with Gasteiger partial charge in [-0.1, -0.05) is 77.1 Å². The van der Waals surface area contributed by atoms with Crippen molar-refractivity contribution in [2.45, 2.75) is 53.0 Å². The number of ether oxygens (including phenoxy) is 1. The molecule has 0 saturated carbocycles. The molecule has 0 bridgehead atoms. The van der Waals surface area contributed by atoms with E-state index >= 15 is 0 Å². The Morgan fingerprint density at radius 3 is 2.19 bits per heavy atom. The Morgan fingerprint density at radius 2 is 1.62 bits per heavy atom. The van der Waals surface area contributed by atoms with E-state index in [1.54, 1.807) is 30.3 Å². The molecule has 1 aliphatic rings. The summed E-state index contributed by atoms with van der Waals surface area (Å²) in [5, 5.41) is 11.5. The van der Waals surface area contributed by atoms with Gasteiger partial charge in [-0.2, -0.15) is 0 Å². The average Bonchev–Trinajstić information content (AvgIpc) is 3.13. The van der Waals surface area contributed by atoms with Gasteiger partial charge in [0.1, 0.15) is 11.5 Å². The lowest BCUT2D eigenvalue weighted by molar-refractivity contribution is -0.132. The summed E-state index contributed by atoms with van der Waals surface area (Å²) in [5.74, 6) is -0.453. The van der Waals surface area contributed by atoms with Gasteiger partial charge in [0.2, 0.25) is 0 Å². The first-order valence-electron chi connectivity index (χ1n) is 12.7. The molecule has 3 aromatic rings. The van der Waals surface area contributed by atoms with E-state index in [4.69, 9.17) is 4.74 Å². The molecule has 5 nitrogen and oxygen atoms in total. The molecule has 1 heterocycles. The normalized spacial score (nSPS) is 17.5. The van der Waals surface area contributed by atoms with Crippen LogP contribution in [0.25, 0.3) is 5.76 Å². The minimum Gasteiger partial charge on any atom is -0.507 e. The summed E-state index contributed by atoms with van der Waals surface area (Å²) in [4.78, 5) is 28.2. The van der Waals surface area contributed by atoms with Crippen LogP contribution in [0.1, 0.15) is 62.9 Å². The average molecular weight is 498 g/mol. The molecule has 0 radical (unpaired) electrons. The lowest BCUT2D eigenvalue weighted by atomic mass is 9.85. The molecule has 1 unspecified atom stereocenters. The van der Waals surface area contributed by atoms with Crippen LogP contribution in [0.15, 0.2) is 78.4 Å². The molecule has 1 aliphatic heterocycles. The van der Waals surface area contributed by atoms with Crippen molar-refractivity contribution in [3.8, 4) is 5.75 Å². The molecule has 5 heteroatoms. The highest BCUT2D eigenvalue weighted by molar-refractivity contribution is 6.51. The summed E-state index contributed by atoms with van der Waals surface area (Å²) in [5.41, 5.74) is 3.84. The SMILES string of the molecule is Cc1cc(/C(O)=C2/C(=O)C(=O)N(c3ccccc3)C2c2ccc(C(C)(C)C)cc2)ccc1OCC(C)C. The number of carbonyl (C=O) groups is 2. The zero-order valence-corrected chi connectivity index (χ0v) is 22.4. The van der Waals surface area contributed by atoms with Gasteiger partial charge in [-0.15, -0.1) is 0 Å². The number of aliphatic hydroxyl groups excluding tert-OH is 1. The Morgan fingerprint density at radius 1 is 0.973 bits per heavy atom. The van der Waals surface area contributed by atoms with Crippen LogP contribution < -0.4 is 9.64 Å². The van der Waals surface area contributed by atoms with Gasteiger partial charge in [0.15, 0.2) is 0 Å². The molecule has 1 saturated heterocycles. The van der Waals surface area contributed by atoms with Crippen LogP contribution in [0.2, 0.25) is 0 Å². The Bertz CT molecular complexity index is 1330. The number of hydrogen-bond donors (Lipinski definition) is 1. The number of carbonyl (C=O) groups excluding carboxylic acids is 2. The van der Waals surface area contributed by atoms with Crippen molar-refractivity contribution in [3.05, 3.63) is 101 Å². The Labute approximate surface area is 219 Å². The monoisotopic (exact) mass is 497 g/mol. The van der Waals surface area contributed by atoms with E-state index in [0.29, 0.717) is 23.8 Å². The topological polar surface area (TPSA) is 66.8 Å². The second-order valence-electron chi connectivity index (χ2n) is 11.1. The molecule has 0 aromatic heterocycles. The van der Waals surface area contributed by atoms with E-state index in [0.717, 1.165) is 22.4 Å². The predicted molar refractivity (Wildman–Crippen MR) is 148 cm³/mol. The standard InChI is InChI=1S/C32H35NO4/c1-20(2)19-37-26-17-14-23(18-21(26)3)29(34)27-28(22-12-15-24(16-13-22)32(4,5)6)33(31(36)30(27)35)25-10-8-7-9-11-25/h7-18,20,28,34H,19H2,1-6H3/b29-27-. The third-order valence-corrected chi connectivity index (χ3v) is 6.59. The van der Waals surface area contributed by atoms with Crippen molar-refractivity contribution in [1.29, 1.82) is 0 Å². The lowest BCUT2D eigenvalue weighted by Crippen LogP contribution is -2.29. The van der Waals surface area contributed by atoms with Crippen molar-refractivity contribution >= 4 is 23.1 Å². The zero-order chi connectivity index (χ0) is 26.9. The summed E-state index contributed by atoms with van der Waals surface area (Å²) in [7, 11) is 0. The predicted octanol–water partition coefficient (Wildman–Crippen LogP) is 6.95. The van der Waals surface area contributed by atoms with Crippen molar-refractivity contribution in [1.82, 2.24) is 0 Å². The van der Waals surface area contributed by atoms with Crippen LogP contribution in [0.3, 0.4) is 0 Å². The largest absolute Gasteiger partial charge is 0.507 e. The van der Waals surface area contributed by atoms with Crippen LogP contribution in [-0.2, 0) is 15.0 Å². The van der Waals surface area contributed by atoms with Gasteiger partial charge >= 0.3 is 0 Å². The number of hydrogen-bond acceptors (Lipinski definition) is 4. The molecule has 4 rings (SSSR count). The van der Waals surface area contributed by atoms with Crippen LogP contribution in [-0.4, -0.2) is 23.4 Å². The number of aliphatic hydroxyl groups is 1. The number of rotatable bonds is 6. The highest BCUT2D eigenvalue weighted by Crippen LogP contribution is 2.42. The minimum absolute atomic E-state index is 0.0450. The smallest absolute Gasteiger partial charge is 0.300 e. The van der Waals surface area contributed by atoms with E-state index in [9.17, 15) is 14.7 Å². The number of anilines is 1. The van der Waals surface area contributed by atoms with E-state index in [-0.39, 0.29) is 16.7 Å². The maximum atomic E-state index is 13.4. The Kier molecular flexibility index (Phi) is 7.26. The van der Waals surface area contributed by atoms with Gasteiger partial charge in [-0.25, -0.2) is 0 Å². The number of nitrogens with zero attached hydrogens (tertiary/aromatic N) is 1. The summed E-state index contributed by atoms with van der Waals surface area (Å²) in [6, 6.07) is 21.6. The van der Waals surface area contributed by atoms with E-state index in [1.807, 2.05) is 49.4 Å². The van der Waals surface area contributed by atoms with Gasteiger partial charge in [-0.3, -0.25) is 14.5 Å². The fraction of sp³-hybridized carbons (Fsp3) is 0.312. The number of aryl methyl sites for hydroxylation is 1. The number of Topliss-reactive ketones (excluding diaryl/α,β-unsaturated/α-hetero) is 1. The molecule has 0 spiro atoms. The third-order valence-electron chi connectivity index (χ3n) is 6.59. The van der Waals surface area contributed by atoms with Gasteiger partial charge in [0.25, 0.3) is 11.7 Å². The van der Waals surface area contributed by atoms with Crippen molar-refractivity contribution in [2.75, 3.05) is 11.5 Å². The third kappa shape index (κ3) is 5.31. The van der Waals surface area contributed by atoms with Gasteiger partial charge in [0, 0.05) is 11.3 Å². The highest BCUT2D eigenvalue weighted by Gasteiger charge is 2.47. The summed E-state index contributed by atoms with van der Waals surface area (Å²) in [6.45, 7) is 13.0. The molecule has 1 amide bonds. The summed E-state index contributed by atoms with van der Waals surface area (Å²) < 4.78 is 5.87. The fourth-order valence-corrected chi connectivity index (χ4v) is 4.54. The second-order valence-corrected chi connectivity index (χ2v) is 11.1. The maximum Gasteiger partial charge on any atom is 0.300 e. The molecular weight excluding hydrogens is 462 g/mol. The Hall–Kier alpha value is -3.86. The van der Waals surface area contributed by atoms with Gasteiger partial charge in [0.05, 0.1) is 18.2 Å². The minimum atomic E-state index is -0.756. The highest BCUT2D eigenvalue weighted by atomic mass is 16.5. The fourth-order valence-electron chi connectivity index (χ4n) is 4.54. The molecule has 1 N–H and O–H groups in total. The van der Waals surface area contributed by atoms with Crippen LogP contribution in [0.5, 0.6) is 5.75 Å². The second kappa shape index (κ2) is 10.3. The summed E-state index contributed by atoms with van der Waals surface area (Å²) >= 11 is 0. The zero-order valence-electron chi connectivity index (χ0n) is 22.4. The first-order valence-corrected chi connectivity index (χ1v) is 12.7. The molecular formula is C32H35NO4. The van der Waals surface area contributed by atoms with Gasteiger partial charge < -0.3 is 9.84 Å². The molecule has 0 aliphatic carbocycles. The molecule has 37 heavy (non-hydrogen) atoms. The van der Waals surface area contributed by atoms with Crippen molar-refractivity contribution in [2.24, 2.45) is 5.92 Å². The molecule has 192 valence electrons. The number of ketones is 1. The van der Waals surface area contributed by atoms with Crippen molar-refractivity contribution in [3.63, 3.8) is 0 Å². The maximum absolute atomic E-state index is 13.4. The van der Waals surface area contributed by atoms with Crippen LogP contribution >= 0.6 is 0 Å². The first-order chi connectivity index (χ1) is 17.5. The molecule has 1 fully saturated rings. The first kappa shape index (κ1) is 26.2. The van der Waals surface area contributed by atoms with Crippen LogP contribution in [0.4, 0.5) is 5.69 Å².